The van der Waals surface area contributed by atoms with Crippen LogP contribution in [0.3, 0.4) is 0 Å². The van der Waals surface area contributed by atoms with Gasteiger partial charge in [0.1, 0.15) is 11.7 Å². The zero-order chi connectivity index (χ0) is 16.5. The third-order valence-corrected chi connectivity index (χ3v) is 3.80. The van der Waals surface area contributed by atoms with Gasteiger partial charge in [-0.1, -0.05) is 18.6 Å². The molecule has 0 aliphatic rings. The van der Waals surface area contributed by atoms with Crippen LogP contribution in [0.15, 0.2) is 28.7 Å². The molecule has 0 aliphatic heterocycles. The Kier molecular flexibility index (Phi) is 4.61. The van der Waals surface area contributed by atoms with E-state index in [1.165, 1.54) is 0 Å². The van der Waals surface area contributed by atoms with E-state index in [0.717, 1.165) is 22.0 Å². The second kappa shape index (κ2) is 6.13. The zero-order valence-electron chi connectivity index (χ0n) is 14.3. The van der Waals surface area contributed by atoms with Gasteiger partial charge in [-0.05, 0) is 32.0 Å². The van der Waals surface area contributed by atoms with Crippen LogP contribution in [-0.4, -0.2) is 44.2 Å². The van der Waals surface area contributed by atoms with Crippen LogP contribution in [0.4, 0.5) is 0 Å². The highest BCUT2D eigenvalue weighted by molar-refractivity contribution is 5.92. The van der Waals surface area contributed by atoms with E-state index in [0.29, 0.717) is 5.58 Å². The molecule has 0 aliphatic carbocycles. The lowest BCUT2D eigenvalue weighted by molar-refractivity contribution is -0.874. The maximum atomic E-state index is 12.3. The lowest BCUT2D eigenvalue weighted by Gasteiger charge is -2.30. The number of esters is 1. The Bertz CT molecular complexity index is 667. The molecule has 1 aromatic carbocycles. The summed E-state index contributed by atoms with van der Waals surface area (Å²) >= 11 is 0. The van der Waals surface area contributed by atoms with Crippen LogP contribution in [0, 0.1) is 12.8 Å². The van der Waals surface area contributed by atoms with E-state index in [4.69, 9.17) is 9.15 Å². The molecule has 2 aromatic rings. The quantitative estimate of drug-likeness (QED) is 0.625. The fourth-order valence-corrected chi connectivity index (χ4v) is 2.62. The van der Waals surface area contributed by atoms with Gasteiger partial charge in [0.05, 0.1) is 27.7 Å². The average Bonchev–Trinajstić information content (AvgIpc) is 2.79. The van der Waals surface area contributed by atoms with E-state index in [-0.39, 0.29) is 17.8 Å². The smallest absolute Gasteiger partial charge is 0.374 e. The summed E-state index contributed by atoms with van der Waals surface area (Å²) in [6.45, 7) is 6.99. The third-order valence-electron chi connectivity index (χ3n) is 3.80. The van der Waals surface area contributed by atoms with Crippen LogP contribution in [-0.2, 0) is 4.74 Å². The van der Waals surface area contributed by atoms with Crippen molar-refractivity contribution < 1.29 is 18.4 Å². The molecular weight excluding hydrogens is 278 g/mol. The summed E-state index contributed by atoms with van der Waals surface area (Å²) < 4.78 is 12.0. The summed E-state index contributed by atoms with van der Waals surface area (Å²) in [7, 11) is 6.39. The van der Waals surface area contributed by atoms with Crippen LogP contribution in [0.2, 0.25) is 0 Å². The first-order valence-corrected chi connectivity index (χ1v) is 7.67. The second-order valence-corrected chi connectivity index (χ2v) is 7.21. The van der Waals surface area contributed by atoms with Crippen molar-refractivity contribution in [3.63, 3.8) is 0 Å². The minimum atomic E-state index is -0.394. The van der Waals surface area contributed by atoms with E-state index in [1.54, 1.807) is 6.07 Å². The molecule has 0 amide bonds. The number of aryl methyl sites for hydroxylation is 1. The average molecular weight is 304 g/mol. The van der Waals surface area contributed by atoms with Gasteiger partial charge in [-0.2, -0.15) is 0 Å². The summed E-state index contributed by atoms with van der Waals surface area (Å²) in [5, 5.41) is 0.930. The minimum absolute atomic E-state index is 0.153. The van der Waals surface area contributed by atoms with Gasteiger partial charge in [0.25, 0.3) is 0 Å². The number of benzene rings is 1. The Morgan fingerprint density at radius 3 is 2.55 bits per heavy atom. The molecule has 0 bridgehead atoms. The number of quaternary nitrogens is 1. The van der Waals surface area contributed by atoms with Gasteiger partial charge in [-0.3, -0.25) is 0 Å². The lowest BCUT2D eigenvalue weighted by Crippen LogP contribution is -2.42. The van der Waals surface area contributed by atoms with Gasteiger partial charge in [-0.15, -0.1) is 0 Å². The molecule has 0 saturated heterocycles. The first kappa shape index (κ1) is 16.6. The highest BCUT2D eigenvalue weighted by Gasteiger charge is 2.24. The molecule has 0 N–H and O–H groups in total. The van der Waals surface area contributed by atoms with Crippen LogP contribution in [0.25, 0.3) is 11.0 Å². The van der Waals surface area contributed by atoms with Crippen molar-refractivity contribution in [2.75, 3.05) is 27.7 Å². The lowest BCUT2D eigenvalue weighted by atomic mass is 10.1. The predicted octanol–water partition coefficient (Wildman–Crippen LogP) is 3.63. The van der Waals surface area contributed by atoms with E-state index in [1.807, 2.05) is 32.0 Å². The van der Waals surface area contributed by atoms with Crippen LogP contribution in [0.1, 0.15) is 30.0 Å². The number of rotatable bonds is 5. The third kappa shape index (κ3) is 4.10. The summed E-state index contributed by atoms with van der Waals surface area (Å²) in [5.41, 5.74) is 1.85. The Hall–Kier alpha value is -1.81. The summed E-state index contributed by atoms with van der Waals surface area (Å²) in [5.74, 6) is 0.148. The number of carbonyl (C=O) groups is 1. The Balaban J connectivity index is 2.07. The Morgan fingerprint density at radius 2 is 1.91 bits per heavy atom. The number of carbonyl (C=O) groups excluding carboxylic acids is 1. The molecule has 4 heteroatoms. The molecule has 1 aromatic heterocycles. The van der Waals surface area contributed by atoms with E-state index in [9.17, 15) is 4.79 Å². The highest BCUT2D eigenvalue weighted by Crippen LogP contribution is 2.22. The Labute approximate surface area is 132 Å². The molecule has 0 unspecified atom stereocenters. The highest BCUT2D eigenvalue weighted by atomic mass is 16.6. The largest absolute Gasteiger partial charge is 0.456 e. The maximum Gasteiger partial charge on any atom is 0.374 e. The zero-order valence-corrected chi connectivity index (χ0v) is 14.3. The molecule has 2 rings (SSSR count). The summed E-state index contributed by atoms with van der Waals surface area (Å²) in [6.07, 6.45) is -0.153. The van der Waals surface area contributed by atoms with Crippen molar-refractivity contribution in [3.05, 3.63) is 35.6 Å². The first-order valence-electron chi connectivity index (χ1n) is 7.67. The number of fused-ring (bicyclic) bond motifs is 1. The van der Waals surface area contributed by atoms with Gasteiger partial charge in [0, 0.05) is 11.3 Å². The molecule has 1 heterocycles. The molecule has 0 spiro atoms. The number of hydrogen-bond acceptors (Lipinski definition) is 3. The predicted molar refractivity (Wildman–Crippen MR) is 87.9 cm³/mol. The molecule has 0 radical (unpaired) electrons. The van der Waals surface area contributed by atoms with Crippen molar-refractivity contribution >= 4 is 16.9 Å². The van der Waals surface area contributed by atoms with Crippen molar-refractivity contribution in [2.45, 2.75) is 26.9 Å². The summed E-state index contributed by atoms with van der Waals surface area (Å²) in [6, 6.07) is 7.60. The van der Waals surface area contributed by atoms with Crippen LogP contribution >= 0.6 is 0 Å². The number of ether oxygens (including phenoxy) is 1. The minimum Gasteiger partial charge on any atom is -0.456 e. The molecular formula is C18H26NO3+. The van der Waals surface area contributed by atoms with Gasteiger partial charge in [-0.25, -0.2) is 4.79 Å². The number of nitrogens with zero attached hydrogens (tertiary/aromatic N) is 1. The monoisotopic (exact) mass is 304 g/mol. The van der Waals surface area contributed by atoms with E-state index in [2.05, 4.69) is 28.1 Å². The topological polar surface area (TPSA) is 39.4 Å². The summed E-state index contributed by atoms with van der Waals surface area (Å²) in [4.78, 5) is 12.3. The first-order chi connectivity index (χ1) is 10.2. The van der Waals surface area contributed by atoms with E-state index >= 15 is 0 Å². The van der Waals surface area contributed by atoms with Gasteiger partial charge < -0.3 is 13.6 Å². The molecule has 120 valence electrons. The Morgan fingerprint density at radius 1 is 1.23 bits per heavy atom. The van der Waals surface area contributed by atoms with Crippen molar-refractivity contribution in [3.8, 4) is 0 Å². The molecule has 2 atom stereocenters. The fraction of sp³-hybridized carbons (Fsp3) is 0.500. The SMILES string of the molecule is Cc1ccc2oc(C(=O)O[C@@H](C)[C@H](C)C[N+](C)(C)C)cc2c1. The van der Waals surface area contributed by atoms with Crippen LogP contribution < -0.4 is 0 Å². The number of hydrogen-bond donors (Lipinski definition) is 0. The van der Waals surface area contributed by atoms with Gasteiger partial charge >= 0.3 is 5.97 Å². The van der Waals surface area contributed by atoms with Gasteiger partial charge in [0.15, 0.2) is 0 Å². The molecule has 4 nitrogen and oxygen atoms in total. The van der Waals surface area contributed by atoms with E-state index < -0.39 is 5.97 Å². The van der Waals surface area contributed by atoms with Crippen molar-refractivity contribution in [1.82, 2.24) is 0 Å². The van der Waals surface area contributed by atoms with Crippen molar-refractivity contribution in [2.24, 2.45) is 5.92 Å². The maximum absolute atomic E-state index is 12.3. The van der Waals surface area contributed by atoms with Crippen LogP contribution in [0.5, 0.6) is 0 Å². The molecule has 22 heavy (non-hydrogen) atoms. The fourth-order valence-electron chi connectivity index (χ4n) is 2.62. The second-order valence-electron chi connectivity index (χ2n) is 7.21. The normalized spacial score (nSPS) is 14.8. The van der Waals surface area contributed by atoms with Crippen molar-refractivity contribution in [1.29, 1.82) is 0 Å². The van der Waals surface area contributed by atoms with Gasteiger partial charge in [0.2, 0.25) is 5.76 Å². The number of furan rings is 1. The molecule has 0 fully saturated rings. The molecule has 0 saturated carbocycles. The standard InChI is InChI=1S/C18H26NO3/c1-12-7-8-16-15(9-12)10-17(22-16)18(20)21-14(3)13(2)11-19(4,5)6/h7-10,13-14H,11H2,1-6H3/q+1/t13-,14+/m1/s1.